The van der Waals surface area contributed by atoms with E-state index in [1.165, 1.54) is 11.8 Å². The molecule has 1 atom stereocenters. The summed E-state index contributed by atoms with van der Waals surface area (Å²) in [5.74, 6) is 0.601. The lowest BCUT2D eigenvalue weighted by Crippen LogP contribution is -2.30. The van der Waals surface area contributed by atoms with Gasteiger partial charge in [-0.05, 0) is 30.7 Å². The van der Waals surface area contributed by atoms with E-state index in [9.17, 15) is 4.79 Å². The summed E-state index contributed by atoms with van der Waals surface area (Å²) >= 11 is 7.46. The number of hydrogen-bond acceptors (Lipinski definition) is 5. The van der Waals surface area contributed by atoms with Gasteiger partial charge in [0.1, 0.15) is 12.1 Å². The van der Waals surface area contributed by atoms with Crippen molar-refractivity contribution in [2.45, 2.75) is 23.9 Å². The van der Waals surface area contributed by atoms with Crippen LogP contribution in [0.15, 0.2) is 60.0 Å². The fraction of sp³-hybridized carbons (Fsp3) is 0.211. The molecule has 1 heterocycles. The Morgan fingerprint density at radius 1 is 1.26 bits per heavy atom. The van der Waals surface area contributed by atoms with Gasteiger partial charge in [0.25, 0.3) is 0 Å². The standard InChI is InChI=1S/C19H19ClN4O2S/c1-13(18(25)21-11-14-7-3-4-8-15(14)20)27-19-23-22-12-24(19)16-9-5-6-10-17(16)26-2/h3-10,12-13H,11H2,1-2H3,(H,21,25). The van der Waals surface area contributed by atoms with E-state index in [0.717, 1.165) is 11.3 Å². The van der Waals surface area contributed by atoms with Crippen molar-refractivity contribution < 1.29 is 9.53 Å². The van der Waals surface area contributed by atoms with Crippen LogP contribution in [-0.2, 0) is 11.3 Å². The van der Waals surface area contributed by atoms with Crippen molar-refractivity contribution in [1.82, 2.24) is 20.1 Å². The maximum absolute atomic E-state index is 12.5. The molecule has 0 saturated heterocycles. The number of amides is 1. The number of nitrogens with zero attached hydrogens (tertiary/aromatic N) is 3. The van der Waals surface area contributed by atoms with Crippen LogP contribution in [0, 0.1) is 0 Å². The summed E-state index contributed by atoms with van der Waals surface area (Å²) < 4.78 is 7.20. The predicted molar refractivity (Wildman–Crippen MR) is 107 cm³/mol. The van der Waals surface area contributed by atoms with Crippen LogP contribution in [0.1, 0.15) is 12.5 Å². The van der Waals surface area contributed by atoms with Crippen LogP contribution in [-0.4, -0.2) is 33.0 Å². The molecular weight excluding hydrogens is 384 g/mol. The lowest BCUT2D eigenvalue weighted by molar-refractivity contribution is -0.120. The molecule has 1 unspecified atom stereocenters. The minimum absolute atomic E-state index is 0.102. The molecule has 140 valence electrons. The second kappa shape index (κ2) is 8.92. The van der Waals surface area contributed by atoms with Crippen molar-refractivity contribution in [3.8, 4) is 11.4 Å². The molecule has 3 rings (SSSR count). The summed E-state index contributed by atoms with van der Waals surface area (Å²) in [7, 11) is 1.61. The van der Waals surface area contributed by atoms with E-state index in [1.54, 1.807) is 24.1 Å². The number of carbonyl (C=O) groups excluding carboxylic acids is 1. The largest absolute Gasteiger partial charge is 0.495 e. The molecule has 0 radical (unpaired) electrons. The number of hydrogen-bond donors (Lipinski definition) is 1. The zero-order valence-electron chi connectivity index (χ0n) is 14.9. The van der Waals surface area contributed by atoms with Crippen LogP contribution in [0.4, 0.5) is 0 Å². The van der Waals surface area contributed by atoms with Crippen LogP contribution in [0.3, 0.4) is 0 Å². The van der Waals surface area contributed by atoms with Crippen molar-refractivity contribution in [3.63, 3.8) is 0 Å². The lowest BCUT2D eigenvalue weighted by atomic mass is 10.2. The number of benzene rings is 2. The second-order valence-electron chi connectivity index (χ2n) is 5.72. The van der Waals surface area contributed by atoms with Gasteiger partial charge in [0.2, 0.25) is 5.91 Å². The number of para-hydroxylation sites is 2. The van der Waals surface area contributed by atoms with Gasteiger partial charge in [-0.15, -0.1) is 10.2 Å². The highest BCUT2D eigenvalue weighted by molar-refractivity contribution is 8.00. The first kappa shape index (κ1) is 19.3. The van der Waals surface area contributed by atoms with Crippen molar-refractivity contribution in [3.05, 3.63) is 65.4 Å². The monoisotopic (exact) mass is 402 g/mol. The average Bonchev–Trinajstić information content (AvgIpc) is 3.14. The Labute approximate surface area is 166 Å². The Morgan fingerprint density at radius 3 is 2.78 bits per heavy atom. The normalized spacial score (nSPS) is 11.8. The minimum atomic E-state index is -0.356. The molecule has 1 N–H and O–H groups in total. The third kappa shape index (κ3) is 4.61. The first-order valence-electron chi connectivity index (χ1n) is 8.31. The minimum Gasteiger partial charge on any atom is -0.495 e. The van der Waals surface area contributed by atoms with Crippen LogP contribution in [0.5, 0.6) is 5.75 Å². The van der Waals surface area contributed by atoms with E-state index in [-0.39, 0.29) is 11.2 Å². The van der Waals surface area contributed by atoms with E-state index in [0.29, 0.717) is 22.5 Å². The van der Waals surface area contributed by atoms with Crippen molar-refractivity contribution in [2.24, 2.45) is 0 Å². The topological polar surface area (TPSA) is 69.0 Å². The number of ether oxygens (including phenoxy) is 1. The highest BCUT2D eigenvalue weighted by Crippen LogP contribution is 2.28. The number of nitrogens with one attached hydrogen (secondary N) is 1. The Kier molecular flexibility index (Phi) is 6.36. The molecule has 27 heavy (non-hydrogen) atoms. The molecule has 2 aromatic carbocycles. The summed E-state index contributed by atoms with van der Waals surface area (Å²) in [6, 6.07) is 15.0. The van der Waals surface area contributed by atoms with E-state index in [4.69, 9.17) is 16.3 Å². The van der Waals surface area contributed by atoms with Gasteiger partial charge in [-0.2, -0.15) is 0 Å². The zero-order chi connectivity index (χ0) is 19.2. The van der Waals surface area contributed by atoms with Crippen molar-refractivity contribution in [1.29, 1.82) is 0 Å². The molecule has 0 spiro atoms. The number of methoxy groups -OCH3 is 1. The Bertz CT molecular complexity index is 931. The first-order chi connectivity index (χ1) is 13.1. The molecule has 3 aromatic rings. The fourth-order valence-electron chi connectivity index (χ4n) is 2.48. The Hall–Kier alpha value is -2.51. The summed E-state index contributed by atoms with van der Waals surface area (Å²) in [5, 5.41) is 11.9. The highest BCUT2D eigenvalue weighted by atomic mass is 35.5. The summed E-state index contributed by atoms with van der Waals surface area (Å²) in [6.07, 6.45) is 1.61. The number of thioether (sulfide) groups is 1. The van der Waals surface area contributed by atoms with Gasteiger partial charge in [0.05, 0.1) is 18.0 Å². The Morgan fingerprint density at radius 2 is 2.00 bits per heavy atom. The van der Waals surface area contributed by atoms with E-state index < -0.39 is 0 Å². The van der Waals surface area contributed by atoms with Gasteiger partial charge in [0.15, 0.2) is 5.16 Å². The molecule has 0 aliphatic rings. The number of halogens is 1. The number of carbonyl (C=O) groups is 1. The second-order valence-corrected chi connectivity index (χ2v) is 7.44. The summed E-state index contributed by atoms with van der Waals surface area (Å²) in [5.41, 5.74) is 1.69. The molecule has 8 heteroatoms. The third-order valence-electron chi connectivity index (χ3n) is 3.92. The molecule has 0 fully saturated rings. The van der Waals surface area contributed by atoms with Gasteiger partial charge >= 0.3 is 0 Å². The van der Waals surface area contributed by atoms with Crippen LogP contribution in [0.25, 0.3) is 5.69 Å². The zero-order valence-corrected chi connectivity index (χ0v) is 16.5. The summed E-state index contributed by atoms with van der Waals surface area (Å²) in [6.45, 7) is 2.20. The van der Waals surface area contributed by atoms with Crippen LogP contribution in [0.2, 0.25) is 5.02 Å². The van der Waals surface area contributed by atoms with Gasteiger partial charge < -0.3 is 10.1 Å². The fourth-order valence-corrected chi connectivity index (χ4v) is 3.54. The molecular formula is C19H19ClN4O2S. The maximum atomic E-state index is 12.5. The SMILES string of the molecule is COc1ccccc1-n1cnnc1SC(C)C(=O)NCc1ccccc1Cl. The molecule has 0 saturated carbocycles. The molecule has 0 aliphatic heterocycles. The summed E-state index contributed by atoms with van der Waals surface area (Å²) in [4.78, 5) is 12.5. The molecule has 0 bridgehead atoms. The lowest BCUT2D eigenvalue weighted by Gasteiger charge is -2.14. The van der Waals surface area contributed by atoms with Crippen molar-refractivity contribution in [2.75, 3.05) is 7.11 Å². The van der Waals surface area contributed by atoms with Gasteiger partial charge in [0, 0.05) is 11.6 Å². The highest BCUT2D eigenvalue weighted by Gasteiger charge is 2.19. The predicted octanol–water partition coefficient (Wildman–Crippen LogP) is 3.73. The smallest absolute Gasteiger partial charge is 0.233 e. The van der Waals surface area contributed by atoms with Crippen LogP contribution >= 0.6 is 23.4 Å². The quantitative estimate of drug-likeness (QED) is 0.610. The van der Waals surface area contributed by atoms with E-state index in [1.807, 2.05) is 49.4 Å². The Balaban J connectivity index is 1.68. The number of aromatic nitrogens is 3. The van der Waals surface area contributed by atoms with E-state index >= 15 is 0 Å². The molecule has 6 nitrogen and oxygen atoms in total. The van der Waals surface area contributed by atoms with Gasteiger partial charge in [-0.1, -0.05) is 53.7 Å². The molecule has 0 aliphatic carbocycles. The molecule has 1 aromatic heterocycles. The van der Waals surface area contributed by atoms with Gasteiger partial charge in [-0.3, -0.25) is 9.36 Å². The van der Waals surface area contributed by atoms with Gasteiger partial charge in [-0.25, -0.2) is 0 Å². The van der Waals surface area contributed by atoms with Crippen molar-refractivity contribution >= 4 is 29.3 Å². The number of rotatable bonds is 7. The average molecular weight is 403 g/mol. The van der Waals surface area contributed by atoms with Crippen LogP contribution < -0.4 is 10.1 Å². The first-order valence-corrected chi connectivity index (χ1v) is 9.57. The third-order valence-corrected chi connectivity index (χ3v) is 5.35. The van der Waals surface area contributed by atoms with E-state index in [2.05, 4.69) is 15.5 Å². The maximum Gasteiger partial charge on any atom is 0.233 e. The molecule has 1 amide bonds.